The number of aliphatic carboxylic acids is 1. The summed E-state index contributed by atoms with van der Waals surface area (Å²) in [6, 6.07) is 4.58. The van der Waals surface area contributed by atoms with Crippen LogP contribution in [0, 0.1) is 0 Å². The van der Waals surface area contributed by atoms with E-state index in [1.165, 1.54) is 12.1 Å². The molecule has 18 heavy (non-hydrogen) atoms. The fourth-order valence-corrected chi connectivity index (χ4v) is 1.92. The van der Waals surface area contributed by atoms with Gasteiger partial charge >= 0.3 is 5.97 Å². The van der Waals surface area contributed by atoms with E-state index < -0.39 is 12.1 Å². The minimum Gasteiger partial charge on any atom is -0.504 e. The summed E-state index contributed by atoms with van der Waals surface area (Å²) in [6.45, 7) is 1.85. The third kappa shape index (κ3) is 2.91. The molecule has 0 amide bonds. The van der Waals surface area contributed by atoms with Crippen molar-refractivity contribution in [3.05, 3.63) is 23.8 Å². The highest BCUT2D eigenvalue weighted by atomic mass is 16.5. The molecular weight excluding hydrogens is 238 g/mol. The summed E-state index contributed by atoms with van der Waals surface area (Å²) in [5.41, 5.74) is 0.816. The molecule has 98 valence electrons. The molecule has 6 nitrogen and oxygen atoms in total. The first kappa shape index (κ1) is 12.7. The van der Waals surface area contributed by atoms with Crippen LogP contribution in [0.2, 0.25) is 0 Å². The van der Waals surface area contributed by atoms with Crippen LogP contribution in [0.15, 0.2) is 18.2 Å². The fraction of sp³-hybridized carbons (Fsp3) is 0.417. The number of carboxylic acids is 1. The average Bonchev–Trinajstić information content (AvgIpc) is 2.34. The van der Waals surface area contributed by atoms with Gasteiger partial charge in [0.25, 0.3) is 0 Å². The minimum atomic E-state index is -0.965. The fourth-order valence-electron chi connectivity index (χ4n) is 1.92. The van der Waals surface area contributed by atoms with Gasteiger partial charge in [-0.25, -0.2) is 4.79 Å². The molecule has 3 N–H and O–H groups in total. The molecule has 1 unspecified atom stereocenters. The third-order valence-electron chi connectivity index (χ3n) is 2.87. The highest BCUT2D eigenvalue weighted by molar-refractivity contribution is 5.72. The Bertz CT molecular complexity index is 448. The molecule has 0 spiro atoms. The van der Waals surface area contributed by atoms with Crippen molar-refractivity contribution in [3.8, 4) is 11.5 Å². The summed E-state index contributed by atoms with van der Waals surface area (Å²) in [7, 11) is 0. The Hall–Kier alpha value is -1.79. The molecule has 0 radical (unpaired) electrons. The van der Waals surface area contributed by atoms with Crippen molar-refractivity contribution in [1.82, 2.24) is 4.90 Å². The quantitative estimate of drug-likeness (QED) is 0.675. The van der Waals surface area contributed by atoms with Gasteiger partial charge in [0.2, 0.25) is 0 Å². The molecule has 1 aliphatic rings. The molecule has 1 aliphatic heterocycles. The lowest BCUT2D eigenvalue weighted by atomic mass is 10.1. The van der Waals surface area contributed by atoms with Crippen molar-refractivity contribution in [2.24, 2.45) is 0 Å². The second kappa shape index (κ2) is 5.24. The normalized spacial score (nSPS) is 20.8. The predicted molar refractivity (Wildman–Crippen MR) is 62.4 cm³/mol. The number of aromatic hydroxyl groups is 2. The summed E-state index contributed by atoms with van der Waals surface area (Å²) in [4.78, 5) is 12.8. The molecule has 0 aliphatic carbocycles. The number of benzene rings is 1. The van der Waals surface area contributed by atoms with Crippen molar-refractivity contribution >= 4 is 5.97 Å². The Morgan fingerprint density at radius 1 is 1.39 bits per heavy atom. The van der Waals surface area contributed by atoms with E-state index in [4.69, 9.17) is 9.84 Å². The van der Waals surface area contributed by atoms with Gasteiger partial charge in [-0.2, -0.15) is 0 Å². The largest absolute Gasteiger partial charge is 0.504 e. The van der Waals surface area contributed by atoms with Gasteiger partial charge < -0.3 is 20.1 Å². The van der Waals surface area contributed by atoms with Crippen LogP contribution >= 0.6 is 0 Å². The van der Waals surface area contributed by atoms with Crippen molar-refractivity contribution in [2.75, 3.05) is 19.7 Å². The van der Waals surface area contributed by atoms with Gasteiger partial charge in [-0.1, -0.05) is 6.07 Å². The van der Waals surface area contributed by atoms with Gasteiger partial charge in [-0.05, 0) is 17.7 Å². The Kier molecular flexibility index (Phi) is 3.69. The lowest BCUT2D eigenvalue weighted by molar-refractivity contribution is -0.156. The maximum absolute atomic E-state index is 10.8. The van der Waals surface area contributed by atoms with Crippen molar-refractivity contribution in [2.45, 2.75) is 12.6 Å². The Morgan fingerprint density at radius 3 is 2.83 bits per heavy atom. The number of hydrogen-bond donors (Lipinski definition) is 3. The van der Waals surface area contributed by atoms with Crippen molar-refractivity contribution in [1.29, 1.82) is 0 Å². The number of carbonyl (C=O) groups is 1. The van der Waals surface area contributed by atoms with Crippen LogP contribution in [0.1, 0.15) is 5.56 Å². The molecule has 1 saturated heterocycles. The maximum atomic E-state index is 10.8. The zero-order chi connectivity index (χ0) is 13.1. The molecule has 6 heteroatoms. The third-order valence-corrected chi connectivity index (χ3v) is 2.87. The number of ether oxygens (including phenoxy) is 1. The predicted octanol–water partition coefficient (Wildman–Crippen LogP) is 0.383. The molecule has 0 bridgehead atoms. The Morgan fingerprint density at radius 2 is 2.17 bits per heavy atom. The van der Waals surface area contributed by atoms with Gasteiger partial charge in [0.05, 0.1) is 6.61 Å². The van der Waals surface area contributed by atoms with Crippen LogP contribution in [0.4, 0.5) is 0 Å². The first-order chi connectivity index (χ1) is 8.56. The van der Waals surface area contributed by atoms with E-state index in [9.17, 15) is 15.0 Å². The number of phenolic OH excluding ortho intramolecular Hbond substituents is 2. The highest BCUT2D eigenvalue weighted by Gasteiger charge is 2.26. The van der Waals surface area contributed by atoms with E-state index in [-0.39, 0.29) is 11.5 Å². The Labute approximate surface area is 104 Å². The smallest absolute Gasteiger partial charge is 0.334 e. The van der Waals surface area contributed by atoms with E-state index >= 15 is 0 Å². The number of rotatable bonds is 3. The van der Waals surface area contributed by atoms with Crippen LogP contribution in [0.3, 0.4) is 0 Å². The van der Waals surface area contributed by atoms with Gasteiger partial charge in [0.1, 0.15) is 0 Å². The highest BCUT2D eigenvalue weighted by Crippen LogP contribution is 2.25. The van der Waals surface area contributed by atoms with E-state index in [0.717, 1.165) is 5.56 Å². The second-order valence-corrected chi connectivity index (χ2v) is 4.26. The number of nitrogens with zero attached hydrogens (tertiary/aromatic N) is 1. The summed E-state index contributed by atoms with van der Waals surface area (Å²) in [5.74, 6) is -1.30. The van der Waals surface area contributed by atoms with Crippen LogP contribution in [0.25, 0.3) is 0 Å². The number of morpholine rings is 1. The maximum Gasteiger partial charge on any atom is 0.334 e. The minimum absolute atomic E-state index is 0.163. The average molecular weight is 253 g/mol. The molecule has 2 rings (SSSR count). The standard InChI is InChI=1S/C12H15NO5/c14-9-2-1-8(5-10(9)15)6-13-3-4-18-11(7-13)12(16)17/h1-2,5,11,14-15H,3-4,6-7H2,(H,16,17). The topological polar surface area (TPSA) is 90.2 Å². The van der Waals surface area contributed by atoms with Crippen molar-refractivity contribution < 1.29 is 24.9 Å². The molecule has 0 saturated carbocycles. The lowest BCUT2D eigenvalue weighted by Crippen LogP contribution is -2.45. The summed E-state index contributed by atoms with van der Waals surface area (Å²) >= 11 is 0. The van der Waals surface area contributed by atoms with Crippen molar-refractivity contribution in [3.63, 3.8) is 0 Å². The molecule has 1 atom stereocenters. The van der Waals surface area contributed by atoms with Crippen LogP contribution in [-0.4, -0.2) is 52.0 Å². The SMILES string of the molecule is O=C(O)C1CN(Cc2ccc(O)c(O)c2)CCO1. The zero-order valence-electron chi connectivity index (χ0n) is 9.74. The monoisotopic (exact) mass is 253 g/mol. The van der Waals surface area contributed by atoms with Gasteiger partial charge in [-0.15, -0.1) is 0 Å². The molecule has 1 fully saturated rings. The first-order valence-electron chi connectivity index (χ1n) is 5.64. The van der Waals surface area contributed by atoms with Crippen LogP contribution in [-0.2, 0) is 16.1 Å². The van der Waals surface area contributed by atoms with E-state index in [1.807, 2.05) is 4.90 Å². The summed E-state index contributed by atoms with van der Waals surface area (Å²) < 4.78 is 5.12. The van der Waals surface area contributed by atoms with Crippen LogP contribution < -0.4 is 0 Å². The number of phenols is 2. The van der Waals surface area contributed by atoms with E-state index in [1.54, 1.807) is 6.07 Å². The molecule has 1 heterocycles. The number of carboxylic acid groups (broad SMARTS) is 1. The van der Waals surface area contributed by atoms with Gasteiger partial charge in [0.15, 0.2) is 17.6 Å². The van der Waals surface area contributed by atoms with E-state index in [0.29, 0.717) is 26.2 Å². The number of hydrogen-bond acceptors (Lipinski definition) is 5. The van der Waals surface area contributed by atoms with Crippen LogP contribution in [0.5, 0.6) is 11.5 Å². The second-order valence-electron chi connectivity index (χ2n) is 4.26. The first-order valence-corrected chi connectivity index (χ1v) is 5.64. The summed E-state index contributed by atoms with van der Waals surface area (Å²) in [5, 5.41) is 27.5. The van der Waals surface area contributed by atoms with Gasteiger partial charge in [-0.3, -0.25) is 4.90 Å². The molecule has 1 aromatic carbocycles. The summed E-state index contributed by atoms with van der Waals surface area (Å²) in [6.07, 6.45) is -0.801. The Balaban J connectivity index is 2.00. The molecular formula is C12H15NO5. The molecule has 0 aromatic heterocycles. The van der Waals surface area contributed by atoms with E-state index in [2.05, 4.69) is 0 Å². The lowest BCUT2D eigenvalue weighted by Gasteiger charge is -2.30. The van der Waals surface area contributed by atoms with Gasteiger partial charge in [0, 0.05) is 19.6 Å². The zero-order valence-corrected chi connectivity index (χ0v) is 9.74. The molecule has 1 aromatic rings.